The molecule has 0 aliphatic heterocycles. The number of nitrogens with zero attached hydrogens (tertiary/aromatic N) is 1. The molecule has 4 rings (SSSR count). The lowest BCUT2D eigenvalue weighted by Crippen LogP contribution is -2.26. The van der Waals surface area contributed by atoms with Crippen molar-refractivity contribution in [3.63, 3.8) is 0 Å². The van der Waals surface area contributed by atoms with Crippen LogP contribution in [0.25, 0.3) is 17.2 Å². The topological polar surface area (TPSA) is 77.5 Å². The molecular weight excluding hydrogens is 412 g/mol. The van der Waals surface area contributed by atoms with Crippen LogP contribution in [0.1, 0.15) is 39.5 Å². The molecular formula is C24H22N2O4S. The van der Waals surface area contributed by atoms with Crippen molar-refractivity contribution >= 4 is 29.5 Å². The van der Waals surface area contributed by atoms with Crippen LogP contribution in [0, 0.1) is 0 Å². The Morgan fingerprint density at radius 1 is 1.06 bits per heavy atom. The van der Waals surface area contributed by atoms with Gasteiger partial charge in [0.05, 0.1) is 6.61 Å². The molecule has 0 unspecified atom stereocenters. The van der Waals surface area contributed by atoms with E-state index in [1.165, 1.54) is 33.6 Å². The van der Waals surface area contributed by atoms with E-state index in [2.05, 4.69) is 34.6 Å². The van der Waals surface area contributed by atoms with Crippen molar-refractivity contribution in [2.24, 2.45) is 0 Å². The van der Waals surface area contributed by atoms with Crippen molar-refractivity contribution in [3.05, 3.63) is 81.8 Å². The monoisotopic (exact) mass is 434 g/mol. The highest BCUT2D eigenvalue weighted by atomic mass is 32.1. The summed E-state index contributed by atoms with van der Waals surface area (Å²) in [6.45, 7) is 2.63. The number of benzene rings is 2. The van der Waals surface area contributed by atoms with Crippen molar-refractivity contribution in [1.82, 2.24) is 10.3 Å². The number of rotatable bonds is 7. The van der Waals surface area contributed by atoms with Gasteiger partial charge in [-0.05, 0) is 35.3 Å². The molecule has 1 aliphatic rings. The quantitative estimate of drug-likeness (QED) is 0.537. The molecule has 1 heterocycles. The van der Waals surface area contributed by atoms with Crippen LogP contribution in [-0.2, 0) is 9.47 Å². The van der Waals surface area contributed by atoms with Gasteiger partial charge in [0.15, 0.2) is 5.69 Å². The number of ether oxygens (including phenoxy) is 2. The zero-order valence-electron chi connectivity index (χ0n) is 17.0. The van der Waals surface area contributed by atoms with E-state index in [1.807, 2.05) is 24.3 Å². The molecule has 2 aromatic carbocycles. The van der Waals surface area contributed by atoms with Gasteiger partial charge in [0.25, 0.3) is 0 Å². The lowest BCUT2D eigenvalue weighted by atomic mass is 9.98. The van der Waals surface area contributed by atoms with Gasteiger partial charge in [0.1, 0.15) is 11.6 Å². The maximum atomic E-state index is 12.2. The summed E-state index contributed by atoms with van der Waals surface area (Å²) in [5.41, 5.74) is 5.03. The molecule has 7 heteroatoms. The third-order valence-electron chi connectivity index (χ3n) is 4.97. The molecule has 6 nitrogen and oxygen atoms in total. The van der Waals surface area contributed by atoms with Crippen molar-refractivity contribution < 1.29 is 19.1 Å². The zero-order chi connectivity index (χ0) is 21.6. The van der Waals surface area contributed by atoms with E-state index in [1.54, 1.807) is 24.5 Å². The van der Waals surface area contributed by atoms with E-state index in [0.29, 0.717) is 18.2 Å². The van der Waals surface area contributed by atoms with Crippen molar-refractivity contribution in [2.45, 2.75) is 12.8 Å². The van der Waals surface area contributed by atoms with Crippen LogP contribution in [0.15, 0.2) is 60.0 Å². The molecule has 0 fully saturated rings. The molecule has 1 amide bonds. The second-order valence-electron chi connectivity index (χ2n) is 6.90. The first kappa shape index (κ1) is 20.8. The van der Waals surface area contributed by atoms with Gasteiger partial charge in [-0.25, -0.2) is 14.6 Å². The fraction of sp³-hybridized carbons (Fsp3) is 0.208. The first-order chi connectivity index (χ1) is 15.2. The van der Waals surface area contributed by atoms with Crippen LogP contribution in [0.2, 0.25) is 0 Å². The minimum atomic E-state index is -0.474. The summed E-state index contributed by atoms with van der Waals surface area (Å²) in [7, 11) is 0. The SMILES string of the molecule is CCOC(=O)c1csc(C=CCNC(=O)OCC2c3ccccc3-c3ccccc32)n1. The highest BCUT2D eigenvalue weighted by Gasteiger charge is 2.28. The van der Waals surface area contributed by atoms with E-state index in [0.717, 1.165) is 0 Å². The molecule has 1 N–H and O–H groups in total. The molecule has 1 aromatic heterocycles. The molecule has 0 bridgehead atoms. The number of thiazole rings is 1. The molecule has 0 spiro atoms. The van der Waals surface area contributed by atoms with Crippen molar-refractivity contribution in [2.75, 3.05) is 19.8 Å². The third kappa shape index (κ3) is 4.67. The van der Waals surface area contributed by atoms with Crippen molar-refractivity contribution in [1.29, 1.82) is 0 Å². The Hall–Kier alpha value is -3.45. The lowest BCUT2D eigenvalue weighted by molar-refractivity contribution is 0.0520. The second kappa shape index (κ2) is 9.57. The van der Waals surface area contributed by atoms with Crippen LogP contribution >= 0.6 is 11.3 Å². The van der Waals surface area contributed by atoms with Crippen molar-refractivity contribution in [3.8, 4) is 11.1 Å². The minimum Gasteiger partial charge on any atom is -0.461 e. The number of esters is 1. The number of aromatic nitrogens is 1. The Bertz CT molecular complexity index is 1080. The van der Waals surface area contributed by atoms with Gasteiger partial charge >= 0.3 is 12.1 Å². The van der Waals surface area contributed by atoms with Gasteiger partial charge in [-0.2, -0.15) is 0 Å². The number of hydrogen-bond acceptors (Lipinski definition) is 6. The molecule has 158 valence electrons. The molecule has 1 aliphatic carbocycles. The Morgan fingerprint density at radius 2 is 1.74 bits per heavy atom. The maximum Gasteiger partial charge on any atom is 0.407 e. The minimum absolute atomic E-state index is 0.0327. The van der Waals surface area contributed by atoms with Crippen LogP contribution in [0.5, 0.6) is 0 Å². The smallest absolute Gasteiger partial charge is 0.407 e. The number of nitrogens with one attached hydrogen (secondary N) is 1. The van der Waals surface area contributed by atoms with Gasteiger partial charge in [-0.3, -0.25) is 0 Å². The van der Waals surface area contributed by atoms with E-state index in [4.69, 9.17) is 9.47 Å². The highest BCUT2D eigenvalue weighted by molar-refractivity contribution is 7.10. The lowest BCUT2D eigenvalue weighted by Gasteiger charge is -2.14. The summed E-state index contributed by atoms with van der Waals surface area (Å²) in [6.07, 6.45) is 3.03. The summed E-state index contributed by atoms with van der Waals surface area (Å²) in [6, 6.07) is 16.4. The summed E-state index contributed by atoms with van der Waals surface area (Å²) in [5.74, 6) is -0.402. The van der Waals surface area contributed by atoms with E-state index in [-0.39, 0.29) is 18.2 Å². The number of carbonyl (C=O) groups is 2. The Morgan fingerprint density at radius 3 is 2.42 bits per heavy atom. The van der Waals surface area contributed by atoms with Crippen LogP contribution in [0.4, 0.5) is 4.79 Å². The predicted molar refractivity (Wildman–Crippen MR) is 120 cm³/mol. The van der Waals surface area contributed by atoms with E-state index >= 15 is 0 Å². The first-order valence-corrected chi connectivity index (χ1v) is 10.9. The average molecular weight is 435 g/mol. The molecule has 3 aromatic rings. The Balaban J connectivity index is 1.29. The number of carbonyl (C=O) groups excluding carboxylic acids is 2. The average Bonchev–Trinajstić information content (AvgIpc) is 3.39. The Labute approximate surface area is 184 Å². The molecule has 0 saturated carbocycles. The van der Waals surface area contributed by atoms with Gasteiger partial charge in [-0.15, -0.1) is 11.3 Å². The number of fused-ring (bicyclic) bond motifs is 3. The first-order valence-electron chi connectivity index (χ1n) is 10.1. The van der Waals surface area contributed by atoms with Gasteiger partial charge in [0.2, 0.25) is 0 Å². The summed E-state index contributed by atoms with van der Waals surface area (Å²) < 4.78 is 10.4. The van der Waals surface area contributed by atoms with Gasteiger partial charge < -0.3 is 14.8 Å². The highest BCUT2D eigenvalue weighted by Crippen LogP contribution is 2.44. The number of amides is 1. The summed E-state index contributed by atoms with van der Waals surface area (Å²) in [5, 5.41) is 5.03. The second-order valence-corrected chi connectivity index (χ2v) is 7.79. The molecule has 31 heavy (non-hydrogen) atoms. The standard InChI is InChI=1S/C24H22N2O4S/c1-2-29-23(27)21-15-31-22(26-21)12-7-13-25-24(28)30-14-20-18-10-5-3-8-16(18)17-9-4-6-11-19(17)20/h3-12,15,20H,2,13-14H2,1H3,(H,25,28). The number of hydrogen-bond donors (Lipinski definition) is 1. The Kier molecular flexibility index (Phi) is 6.43. The fourth-order valence-electron chi connectivity index (χ4n) is 3.61. The predicted octanol–water partition coefficient (Wildman–Crippen LogP) is 4.87. The normalized spacial score (nSPS) is 12.4. The zero-order valence-corrected chi connectivity index (χ0v) is 17.9. The largest absolute Gasteiger partial charge is 0.461 e. The molecule has 0 atom stereocenters. The molecule has 0 radical (unpaired) electrons. The number of alkyl carbamates (subject to hydrolysis) is 1. The van der Waals surface area contributed by atoms with Crippen LogP contribution in [-0.4, -0.2) is 36.8 Å². The molecule has 0 saturated heterocycles. The third-order valence-corrected chi connectivity index (χ3v) is 5.78. The van der Waals surface area contributed by atoms with Gasteiger partial charge in [0, 0.05) is 17.8 Å². The maximum absolute atomic E-state index is 12.2. The fourth-order valence-corrected chi connectivity index (χ4v) is 4.32. The van der Waals surface area contributed by atoms with Crippen LogP contribution in [0.3, 0.4) is 0 Å². The van der Waals surface area contributed by atoms with Crippen LogP contribution < -0.4 is 5.32 Å². The van der Waals surface area contributed by atoms with E-state index < -0.39 is 12.1 Å². The summed E-state index contributed by atoms with van der Waals surface area (Å²) in [4.78, 5) is 28.0. The van der Waals surface area contributed by atoms with Gasteiger partial charge in [-0.1, -0.05) is 54.6 Å². The van der Waals surface area contributed by atoms with E-state index in [9.17, 15) is 9.59 Å². The summed E-state index contributed by atoms with van der Waals surface area (Å²) >= 11 is 1.33.